The maximum atomic E-state index is 10.3. The highest BCUT2D eigenvalue weighted by Gasteiger charge is 2.23. The largest absolute Gasteiger partial charge is 0.497 e. The lowest BCUT2D eigenvalue weighted by atomic mass is 9.85. The number of methoxy groups -OCH3 is 1. The van der Waals surface area contributed by atoms with Crippen LogP contribution in [0.3, 0.4) is 0 Å². The van der Waals surface area contributed by atoms with Gasteiger partial charge in [0.05, 0.1) is 7.11 Å². The van der Waals surface area contributed by atoms with Crippen LogP contribution in [0.15, 0.2) is 36.4 Å². The highest BCUT2D eigenvalue weighted by Crippen LogP contribution is 2.35. The highest BCUT2D eigenvalue weighted by molar-refractivity contribution is 6.36. The van der Waals surface area contributed by atoms with Gasteiger partial charge in [-0.15, -0.1) is 0 Å². The van der Waals surface area contributed by atoms with Crippen molar-refractivity contribution in [3.8, 4) is 11.5 Å². The summed E-state index contributed by atoms with van der Waals surface area (Å²) >= 11 is 6.06. The lowest BCUT2D eigenvalue weighted by molar-refractivity contribution is 0.0319. The predicted molar refractivity (Wildman–Crippen MR) is 87.1 cm³/mol. The second-order valence-corrected chi connectivity index (χ2v) is 5.37. The summed E-state index contributed by atoms with van der Waals surface area (Å²) in [6.07, 6.45) is 0.892. The van der Waals surface area contributed by atoms with E-state index in [1.807, 2.05) is 44.3 Å². The number of fused-ring (bicyclic) bond motifs is 1. The number of aliphatic hydroxyl groups is 1. The fraction of sp³-hybridized carbons (Fsp3) is 0.125. The monoisotopic (exact) mass is 300 g/mol. The van der Waals surface area contributed by atoms with E-state index in [2.05, 4.69) is 0 Å². The van der Waals surface area contributed by atoms with Gasteiger partial charge in [-0.2, -0.15) is 0 Å². The maximum Gasteiger partial charge on any atom is 0.224 e. The Balaban J connectivity index is 2.10. The molecule has 1 aliphatic rings. The summed E-state index contributed by atoms with van der Waals surface area (Å²) in [4.78, 5) is 0. The normalized spacial score (nSPS) is 16.7. The third-order valence-corrected chi connectivity index (χ3v) is 3.78. The summed E-state index contributed by atoms with van der Waals surface area (Å²) in [5, 5.41) is 10.9. The van der Waals surface area contributed by atoms with E-state index < -0.39 is 6.29 Å². The molecule has 0 radical (unpaired) electrons. The Hall–Kier alpha value is -1.91. The molecular formula is C16H14BClO3. The average Bonchev–Trinajstić information content (AvgIpc) is 2.48. The molecule has 3 nitrogen and oxygen atoms in total. The van der Waals surface area contributed by atoms with Crippen LogP contribution in [0.1, 0.15) is 11.1 Å². The van der Waals surface area contributed by atoms with Gasteiger partial charge in [-0.25, -0.2) is 0 Å². The van der Waals surface area contributed by atoms with E-state index in [4.69, 9.17) is 21.1 Å². The van der Waals surface area contributed by atoms with E-state index in [9.17, 15) is 5.11 Å². The van der Waals surface area contributed by atoms with Crippen LogP contribution >= 0.6 is 11.6 Å². The van der Waals surface area contributed by atoms with Gasteiger partial charge < -0.3 is 14.6 Å². The van der Waals surface area contributed by atoms with Crippen molar-refractivity contribution in [2.45, 2.75) is 6.29 Å². The average molecular weight is 301 g/mol. The molecule has 2 aromatic carbocycles. The minimum absolute atomic E-state index is 0.602. The minimum atomic E-state index is -1.03. The summed E-state index contributed by atoms with van der Waals surface area (Å²) in [6.45, 7) is 0. The van der Waals surface area contributed by atoms with Gasteiger partial charge in [-0.3, -0.25) is 0 Å². The number of ether oxygens (including phenoxy) is 2. The van der Waals surface area contributed by atoms with E-state index in [-0.39, 0.29) is 0 Å². The zero-order valence-electron chi connectivity index (χ0n) is 11.8. The molecule has 1 N–H and O–H groups in total. The Morgan fingerprint density at radius 3 is 2.81 bits per heavy atom. The molecule has 5 heteroatoms. The van der Waals surface area contributed by atoms with Crippen molar-refractivity contribution >= 4 is 36.6 Å². The standard InChI is InChI=1S/C16H14BClO3/c1-20-11-4-2-9-6-13(16(19)21-15(9)8-11)12-7-10(18)3-5-14(12)17/h2-8,16,19H,17H2,1H3. The van der Waals surface area contributed by atoms with Gasteiger partial charge in [0.1, 0.15) is 19.3 Å². The number of benzene rings is 2. The Kier molecular flexibility index (Phi) is 3.66. The van der Waals surface area contributed by atoms with Crippen LogP contribution in [0.4, 0.5) is 0 Å². The Morgan fingerprint density at radius 2 is 2.05 bits per heavy atom. The topological polar surface area (TPSA) is 38.7 Å². The van der Waals surface area contributed by atoms with E-state index in [0.717, 1.165) is 16.6 Å². The minimum Gasteiger partial charge on any atom is -0.497 e. The molecule has 0 saturated carbocycles. The molecule has 0 fully saturated rings. The molecule has 0 aromatic heterocycles. The van der Waals surface area contributed by atoms with Crippen molar-refractivity contribution < 1.29 is 14.6 Å². The molecule has 106 valence electrons. The van der Waals surface area contributed by atoms with E-state index in [1.165, 1.54) is 0 Å². The van der Waals surface area contributed by atoms with Crippen molar-refractivity contribution in [1.29, 1.82) is 0 Å². The number of hydrogen-bond acceptors (Lipinski definition) is 3. The summed E-state index contributed by atoms with van der Waals surface area (Å²) < 4.78 is 10.8. The number of hydrogen-bond donors (Lipinski definition) is 1. The van der Waals surface area contributed by atoms with Gasteiger partial charge in [0.2, 0.25) is 6.29 Å². The predicted octanol–water partition coefficient (Wildman–Crippen LogP) is 1.86. The van der Waals surface area contributed by atoms with E-state index in [1.54, 1.807) is 13.2 Å². The molecule has 3 rings (SSSR count). The Labute approximate surface area is 129 Å². The number of rotatable bonds is 2. The second-order valence-electron chi connectivity index (χ2n) is 4.93. The number of aliphatic hydroxyl groups excluding tert-OH is 1. The van der Waals surface area contributed by atoms with Crippen molar-refractivity contribution in [3.63, 3.8) is 0 Å². The lowest BCUT2D eigenvalue weighted by Gasteiger charge is -2.25. The van der Waals surface area contributed by atoms with Crippen molar-refractivity contribution in [3.05, 3.63) is 52.5 Å². The zero-order chi connectivity index (χ0) is 15.0. The highest BCUT2D eigenvalue weighted by atomic mass is 35.5. The first kappa shape index (κ1) is 14.0. The van der Waals surface area contributed by atoms with Crippen molar-refractivity contribution in [1.82, 2.24) is 0 Å². The van der Waals surface area contributed by atoms with Crippen LogP contribution in [0.25, 0.3) is 11.6 Å². The van der Waals surface area contributed by atoms with Gasteiger partial charge in [-0.1, -0.05) is 23.1 Å². The SMILES string of the molecule is Bc1ccc(Cl)cc1C1=Cc2ccc(OC)cc2OC1O. The quantitative estimate of drug-likeness (QED) is 0.861. The molecule has 21 heavy (non-hydrogen) atoms. The summed E-state index contributed by atoms with van der Waals surface area (Å²) in [7, 11) is 3.57. The first-order valence-corrected chi connectivity index (χ1v) is 6.97. The first-order valence-electron chi connectivity index (χ1n) is 6.59. The van der Waals surface area contributed by atoms with Crippen LogP contribution in [0, 0.1) is 0 Å². The molecule has 0 aliphatic carbocycles. The Bertz CT molecular complexity index is 727. The molecule has 0 spiro atoms. The lowest BCUT2D eigenvalue weighted by Crippen LogP contribution is -2.24. The molecule has 1 atom stereocenters. The first-order chi connectivity index (χ1) is 10.1. The van der Waals surface area contributed by atoms with Gasteiger partial charge in [0.25, 0.3) is 0 Å². The van der Waals surface area contributed by atoms with Crippen LogP contribution in [-0.4, -0.2) is 26.4 Å². The van der Waals surface area contributed by atoms with E-state index >= 15 is 0 Å². The Morgan fingerprint density at radius 1 is 1.24 bits per heavy atom. The van der Waals surface area contributed by atoms with Crippen LogP contribution < -0.4 is 14.9 Å². The molecule has 1 heterocycles. The van der Waals surface area contributed by atoms with Crippen molar-refractivity contribution in [2.75, 3.05) is 7.11 Å². The third kappa shape index (κ3) is 2.65. The summed E-state index contributed by atoms with van der Waals surface area (Å²) in [5.74, 6) is 1.29. The van der Waals surface area contributed by atoms with Crippen molar-refractivity contribution in [2.24, 2.45) is 0 Å². The van der Waals surface area contributed by atoms with Crippen LogP contribution in [0.5, 0.6) is 11.5 Å². The molecule has 0 amide bonds. The molecule has 1 unspecified atom stereocenters. The van der Waals surface area contributed by atoms with E-state index in [0.29, 0.717) is 22.1 Å². The molecule has 0 bridgehead atoms. The third-order valence-electron chi connectivity index (χ3n) is 3.55. The van der Waals surface area contributed by atoms with Crippen LogP contribution in [-0.2, 0) is 0 Å². The molecule has 0 saturated heterocycles. The molecular weight excluding hydrogens is 286 g/mol. The van der Waals surface area contributed by atoms with Gasteiger partial charge >= 0.3 is 0 Å². The maximum absolute atomic E-state index is 10.3. The zero-order valence-corrected chi connectivity index (χ0v) is 12.5. The summed E-state index contributed by atoms with van der Waals surface area (Å²) in [5.41, 5.74) is 3.52. The second kappa shape index (κ2) is 5.47. The van der Waals surface area contributed by atoms with Gasteiger partial charge in [0, 0.05) is 22.2 Å². The number of halogens is 1. The fourth-order valence-electron chi connectivity index (χ4n) is 2.40. The fourth-order valence-corrected chi connectivity index (χ4v) is 2.57. The molecule has 1 aliphatic heterocycles. The smallest absolute Gasteiger partial charge is 0.224 e. The van der Waals surface area contributed by atoms with Crippen LogP contribution in [0.2, 0.25) is 5.02 Å². The van der Waals surface area contributed by atoms with Gasteiger partial charge in [0.15, 0.2) is 0 Å². The molecule has 2 aromatic rings. The summed E-state index contributed by atoms with van der Waals surface area (Å²) in [6, 6.07) is 11.1. The van der Waals surface area contributed by atoms with Gasteiger partial charge in [-0.05, 0) is 35.9 Å².